The van der Waals surface area contributed by atoms with Crippen LogP contribution in [0.4, 0.5) is 4.39 Å². The van der Waals surface area contributed by atoms with Crippen LogP contribution in [-0.2, 0) is 14.1 Å². The summed E-state index contributed by atoms with van der Waals surface area (Å²) >= 11 is 0. The van der Waals surface area contributed by atoms with Crippen LogP contribution in [0.5, 0.6) is 11.5 Å². The smallest absolute Gasteiger partial charge is 0.328 e. The van der Waals surface area contributed by atoms with Crippen molar-refractivity contribution in [2.24, 2.45) is 14.1 Å². The molecule has 0 saturated heterocycles. The molecule has 30 heavy (non-hydrogen) atoms. The van der Waals surface area contributed by atoms with E-state index in [0.29, 0.717) is 5.56 Å². The van der Waals surface area contributed by atoms with Crippen LogP contribution in [0.15, 0.2) is 53.5 Å². The van der Waals surface area contributed by atoms with Gasteiger partial charge in [0.1, 0.15) is 0 Å². The third kappa shape index (κ3) is 2.98. The molecule has 0 fully saturated rings. The number of hydrogen-bond donors (Lipinski definition) is 1. The van der Waals surface area contributed by atoms with Crippen molar-refractivity contribution in [1.82, 2.24) is 13.7 Å². The van der Waals surface area contributed by atoms with Crippen molar-refractivity contribution in [1.29, 1.82) is 0 Å². The monoisotopic (exact) mass is 409 g/mol. The zero-order valence-electron chi connectivity index (χ0n) is 17.4. The summed E-state index contributed by atoms with van der Waals surface area (Å²) in [6.07, 6.45) is 2.75. The summed E-state index contributed by atoms with van der Waals surface area (Å²) in [4.78, 5) is 12.3. The number of phenolic OH excluding ortho intramolecular Hbond substituents is 1. The Kier molecular flexibility index (Phi) is 4.89. The van der Waals surface area contributed by atoms with Crippen LogP contribution < -0.4 is 10.4 Å². The average Bonchev–Trinajstić information content (AvgIpc) is 3.31. The van der Waals surface area contributed by atoms with Gasteiger partial charge in [-0.25, -0.2) is 9.18 Å². The number of phenols is 1. The first kappa shape index (κ1) is 19.8. The maximum Gasteiger partial charge on any atom is 0.328 e. The fraction of sp³-hybridized carbons (Fsp3) is 0.261. The van der Waals surface area contributed by atoms with Crippen LogP contribution in [0, 0.1) is 5.82 Å². The van der Waals surface area contributed by atoms with Crippen LogP contribution >= 0.6 is 0 Å². The van der Waals surface area contributed by atoms with E-state index in [2.05, 4.69) is 11.5 Å². The highest BCUT2D eigenvalue weighted by Crippen LogP contribution is 2.37. The van der Waals surface area contributed by atoms with Gasteiger partial charge in [-0.2, -0.15) is 0 Å². The van der Waals surface area contributed by atoms with E-state index >= 15 is 0 Å². The number of methoxy groups -OCH3 is 1. The van der Waals surface area contributed by atoms with E-state index in [1.165, 1.54) is 13.2 Å². The van der Waals surface area contributed by atoms with Gasteiger partial charge in [0.25, 0.3) is 0 Å². The van der Waals surface area contributed by atoms with Gasteiger partial charge in [0.05, 0.1) is 24.2 Å². The van der Waals surface area contributed by atoms with Crippen molar-refractivity contribution in [2.75, 3.05) is 7.11 Å². The summed E-state index contributed by atoms with van der Waals surface area (Å²) in [5.74, 6) is -1.14. The predicted molar refractivity (Wildman–Crippen MR) is 115 cm³/mol. The normalized spacial score (nSPS) is 12.4. The number of aryl methyl sites for hydroxylation is 2. The van der Waals surface area contributed by atoms with E-state index in [0.717, 1.165) is 28.7 Å². The molecule has 2 aromatic heterocycles. The zero-order chi connectivity index (χ0) is 21.6. The van der Waals surface area contributed by atoms with Crippen LogP contribution in [0.25, 0.3) is 22.3 Å². The predicted octanol–water partition coefficient (Wildman–Crippen LogP) is 4.20. The van der Waals surface area contributed by atoms with E-state index in [1.807, 2.05) is 36.5 Å². The molecule has 0 aliphatic rings. The number of hydrogen-bond acceptors (Lipinski definition) is 3. The molecule has 0 amide bonds. The molecule has 0 spiro atoms. The Morgan fingerprint density at radius 3 is 2.53 bits per heavy atom. The lowest BCUT2D eigenvalue weighted by Crippen LogP contribution is -2.19. The lowest BCUT2D eigenvalue weighted by Gasteiger charge is -2.22. The second kappa shape index (κ2) is 7.40. The van der Waals surface area contributed by atoms with Crippen LogP contribution in [0.3, 0.4) is 0 Å². The van der Waals surface area contributed by atoms with E-state index < -0.39 is 11.6 Å². The van der Waals surface area contributed by atoms with Gasteiger partial charge in [-0.1, -0.05) is 13.0 Å². The molecule has 156 valence electrons. The fourth-order valence-electron chi connectivity index (χ4n) is 4.11. The van der Waals surface area contributed by atoms with Crippen LogP contribution in [-0.4, -0.2) is 25.9 Å². The van der Waals surface area contributed by atoms with Gasteiger partial charge in [-0.05, 0) is 48.4 Å². The highest BCUT2D eigenvalue weighted by Gasteiger charge is 2.19. The van der Waals surface area contributed by atoms with Crippen molar-refractivity contribution in [3.05, 3.63) is 70.5 Å². The number of rotatable bonds is 5. The van der Waals surface area contributed by atoms with Crippen molar-refractivity contribution in [3.63, 3.8) is 0 Å². The van der Waals surface area contributed by atoms with Gasteiger partial charge in [0, 0.05) is 31.5 Å². The summed E-state index contributed by atoms with van der Waals surface area (Å²) in [5, 5.41) is 9.84. The Bertz CT molecular complexity index is 1300. The van der Waals surface area contributed by atoms with Gasteiger partial charge in [0.2, 0.25) is 0 Å². The zero-order valence-corrected chi connectivity index (χ0v) is 17.4. The van der Waals surface area contributed by atoms with E-state index in [4.69, 9.17) is 4.74 Å². The molecule has 0 unspecified atom stereocenters. The molecule has 7 heteroatoms. The lowest BCUT2D eigenvalue weighted by molar-refractivity contribution is 0.357. The number of ether oxygens (including phenoxy) is 1. The number of imidazole rings is 1. The summed E-state index contributed by atoms with van der Waals surface area (Å²) in [7, 11) is 4.92. The molecule has 4 rings (SSSR count). The molecule has 1 N–H and O–H groups in total. The number of aromatic hydroxyl groups is 1. The van der Waals surface area contributed by atoms with E-state index in [1.54, 1.807) is 29.3 Å². The molecule has 2 heterocycles. The number of nitrogens with zero attached hydrogens (tertiary/aromatic N) is 3. The van der Waals surface area contributed by atoms with Crippen LogP contribution in [0.2, 0.25) is 0 Å². The fourth-order valence-corrected chi connectivity index (χ4v) is 4.11. The second-order valence-electron chi connectivity index (χ2n) is 7.38. The minimum Gasteiger partial charge on any atom is -0.502 e. The summed E-state index contributed by atoms with van der Waals surface area (Å²) in [6.45, 7) is 2.08. The highest BCUT2D eigenvalue weighted by molar-refractivity contribution is 5.77. The van der Waals surface area contributed by atoms with Crippen molar-refractivity contribution < 1.29 is 14.2 Å². The SMILES string of the molecule is CC[C@H](c1ccc2c(c1)n(C)c(=O)n2C)n1cccc1-c1cc(F)c(O)c(OC)c1. The first-order valence-electron chi connectivity index (χ1n) is 9.76. The van der Waals surface area contributed by atoms with Gasteiger partial charge in [-0.15, -0.1) is 0 Å². The third-order valence-electron chi connectivity index (χ3n) is 5.73. The maximum absolute atomic E-state index is 14.2. The summed E-state index contributed by atoms with van der Waals surface area (Å²) < 4.78 is 24.7. The Hall–Kier alpha value is -3.48. The van der Waals surface area contributed by atoms with Gasteiger partial charge in [-0.3, -0.25) is 9.13 Å². The third-order valence-corrected chi connectivity index (χ3v) is 5.73. The molecule has 0 bridgehead atoms. The molecule has 4 aromatic rings. The molecule has 0 aliphatic carbocycles. The largest absolute Gasteiger partial charge is 0.502 e. The highest BCUT2D eigenvalue weighted by atomic mass is 19.1. The molecule has 1 atom stereocenters. The number of benzene rings is 2. The molecule has 0 aliphatic heterocycles. The molecule has 2 aromatic carbocycles. The van der Waals surface area contributed by atoms with E-state index in [9.17, 15) is 14.3 Å². The quantitative estimate of drug-likeness (QED) is 0.537. The Morgan fingerprint density at radius 1 is 1.10 bits per heavy atom. The van der Waals surface area contributed by atoms with E-state index in [-0.39, 0.29) is 17.5 Å². The Balaban J connectivity index is 1.85. The van der Waals surface area contributed by atoms with Crippen molar-refractivity contribution in [2.45, 2.75) is 19.4 Å². The van der Waals surface area contributed by atoms with Crippen LogP contribution in [0.1, 0.15) is 24.9 Å². The minimum absolute atomic E-state index is 0.0161. The van der Waals surface area contributed by atoms with Gasteiger partial charge >= 0.3 is 5.69 Å². The first-order chi connectivity index (χ1) is 14.4. The Morgan fingerprint density at radius 2 is 1.83 bits per heavy atom. The molecule has 6 nitrogen and oxygen atoms in total. The molecular weight excluding hydrogens is 385 g/mol. The molecular formula is C23H24FN3O3. The summed E-state index contributed by atoms with van der Waals surface area (Å²) in [6, 6.07) is 12.8. The topological polar surface area (TPSA) is 61.3 Å². The number of aromatic nitrogens is 3. The maximum atomic E-state index is 14.2. The van der Waals surface area contributed by atoms with Gasteiger partial charge < -0.3 is 14.4 Å². The Labute approximate surface area is 173 Å². The standard InChI is InChI=1S/C23H24FN3O3/c1-5-17(14-8-9-19-20(12-14)26(3)23(29)25(19)2)27-10-6-7-18(27)15-11-16(24)22(28)21(13-15)30-4/h6-13,17,28H,5H2,1-4H3/t17-/m1/s1. The average molecular weight is 409 g/mol. The minimum atomic E-state index is -0.731. The van der Waals surface area contributed by atoms with Crippen molar-refractivity contribution in [3.8, 4) is 22.8 Å². The van der Waals surface area contributed by atoms with Gasteiger partial charge in [0.15, 0.2) is 17.3 Å². The summed E-state index contributed by atoms with van der Waals surface area (Å²) in [5.41, 5.74) is 4.14. The molecule has 0 radical (unpaired) electrons. The lowest BCUT2D eigenvalue weighted by atomic mass is 10.0. The first-order valence-corrected chi connectivity index (χ1v) is 9.76. The number of halogens is 1. The van der Waals surface area contributed by atoms with Crippen molar-refractivity contribution >= 4 is 11.0 Å². The second-order valence-corrected chi connectivity index (χ2v) is 7.38. The number of fused-ring (bicyclic) bond motifs is 1. The molecule has 0 saturated carbocycles.